The summed E-state index contributed by atoms with van der Waals surface area (Å²) < 4.78 is 50.6. The monoisotopic (exact) mass is 711 g/mol. The van der Waals surface area contributed by atoms with Gasteiger partial charge >= 0.3 is 12.0 Å². The van der Waals surface area contributed by atoms with Gasteiger partial charge in [0.15, 0.2) is 0 Å². The predicted octanol–water partition coefficient (Wildman–Crippen LogP) is 5.05. The van der Waals surface area contributed by atoms with Crippen LogP contribution in [0.5, 0.6) is 0 Å². The first-order valence-electron chi connectivity index (χ1n) is 15.9. The van der Waals surface area contributed by atoms with Crippen molar-refractivity contribution in [1.29, 1.82) is 0 Å². The molecule has 0 saturated carbocycles. The van der Waals surface area contributed by atoms with Gasteiger partial charge in [0.1, 0.15) is 30.5 Å². The van der Waals surface area contributed by atoms with E-state index in [1.54, 1.807) is 91.0 Å². The number of carbonyl (C=O) groups excluding carboxylic acids is 4. The zero-order valence-electron chi connectivity index (χ0n) is 27.4. The molecule has 0 aliphatic heterocycles. The Bertz CT molecular complexity index is 2080. The van der Waals surface area contributed by atoms with Crippen molar-refractivity contribution in [3.05, 3.63) is 154 Å². The molecule has 1 unspecified atom stereocenters. The second kappa shape index (κ2) is 16.9. The van der Waals surface area contributed by atoms with E-state index in [9.17, 15) is 28.4 Å². The summed E-state index contributed by atoms with van der Waals surface area (Å²) in [5.74, 6) is -10.1. The number of nitrogens with zero attached hydrogens (tertiary/aromatic N) is 2. The highest BCUT2D eigenvalue weighted by molar-refractivity contribution is 6.10. The minimum Gasteiger partial charge on any atom is -0.444 e. The fourth-order valence-corrected chi connectivity index (χ4v) is 5.09. The number of aromatic nitrogens is 2. The molecule has 1 heterocycles. The fourth-order valence-electron chi connectivity index (χ4n) is 5.09. The summed E-state index contributed by atoms with van der Waals surface area (Å²) in [5.41, 5.74) is 0.449. The minimum absolute atomic E-state index is 0.115. The number of amides is 3. The lowest BCUT2D eigenvalue weighted by atomic mass is 9.98. The highest BCUT2D eigenvalue weighted by Crippen LogP contribution is 2.21. The number of Topliss-reactive ketones (excluding diaryl/α,β-unsaturated/α-hetero) is 1. The third kappa shape index (κ3) is 9.56. The molecule has 52 heavy (non-hydrogen) atoms. The van der Waals surface area contributed by atoms with E-state index >= 15 is 8.78 Å². The molecule has 0 fully saturated rings. The van der Waals surface area contributed by atoms with Gasteiger partial charge in [-0.1, -0.05) is 91.0 Å². The van der Waals surface area contributed by atoms with E-state index in [1.807, 2.05) is 0 Å². The number of halogens is 3. The molecule has 5 aromatic rings. The molecule has 3 amide bonds. The van der Waals surface area contributed by atoms with E-state index in [1.165, 1.54) is 12.1 Å². The molecule has 5 rings (SSSR count). The molecule has 0 aliphatic rings. The van der Waals surface area contributed by atoms with Crippen LogP contribution in [-0.2, 0) is 45.2 Å². The maximum atomic E-state index is 15.4. The second-order valence-corrected chi connectivity index (χ2v) is 11.5. The van der Waals surface area contributed by atoms with Crippen molar-refractivity contribution in [2.75, 3.05) is 5.32 Å². The van der Waals surface area contributed by atoms with Gasteiger partial charge in [0, 0.05) is 18.5 Å². The van der Waals surface area contributed by atoms with Crippen molar-refractivity contribution in [3.8, 4) is 11.4 Å². The molecule has 14 heteroatoms. The Morgan fingerprint density at radius 3 is 1.98 bits per heavy atom. The molecule has 266 valence electrons. The Balaban J connectivity index is 1.39. The second-order valence-electron chi connectivity index (χ2n) is 11.5. The van der Waals surface area contributed by atoms with Crippen LogP contribution in [0.1, 0.15) is 16.7 Å². The zero-order valence-corrected chi connectivity index (χ0v) is 27.4. The molecule has 0 bridgehead atoms. The molecule has 0 aliphatic carbocycles. The normalized spacial score (nSPS) is 11.6. The minimum atomic E-state index is -4.55. The summed E-state index contributed by atoms with van der Waals surface area (Å²) in [6.45, 7) is -1.27. The van der Waals surface area contributed by atoms with Crippen molar-refractivity contribution in [2.45, 2.75) is 38.1 Å². The molecule has 4 aromatic carbocycles. The number of hydrogen-bond donors (Lipinski definition) is 3. The molecule has 0 radical (unpaired) electrons. The van der Waals surface area contributed by atoms with E-state index in [2.05, 4.69) is 20.9 Å². The van der Waals surface area contributed by atoms with Gasteiger partial charge in [0.05, 0.1) is 12.2 Å². The van der Waals surface area contributed by atoms with Crippen LogP contribution in [-0.4, -0.2) is 45.2 Å². The lowest BCUT2D eigenvalue weighted by Crippen LogP contribution is -2.55. The third-order valence-corrected chi connectivity index (χ3v) is 7.73. The summed E-state index contributed by atoms with van der Waals surface area (Å²) in [7, 11) is 0. The van der Waals surface area contributed by atoms with Crippen LogP contribution in [0.15, 0.2) is 126 Å². The average Bonchev–Trinajstić information content (AvgIpc) is 3.15. The number of ether oxygens (including phenoxy) is 1. The summed E-state index contributed by atoms with van der Waals surface area (Å²) in [6, 6.07) is 27.8. The Labute approximate surface area is 295 Å². The van der Waals surface area contributed by atoms with Crippen molar-refractivity contribution < 1.29 is 37.1 Å². The smallest absolute Gasteiger partial charge is 0.412 e. The first-order chi connectivity index (χ1) is 25.0. The topological polar surface area (TPSA) is 148 Å². The van der Waals surface area contributed by atoms with E-state index in [-0.39, 0.29) is 24.5 Å². The van der Waals surface area contributed by atoms with E-state index < -0.39 is 65.7 Å². The number of carbonyl (C=O) groups is 4. The largest absolute Gasteiger partial charge is 0.444 e. The fraction of sp³-hybridized carbons (Fsp3) is 0.158. The Morgan fingerprint density at radius 2 is 1.37 bits per heavy atom. The Hall–Kier alpha value is -6.57. The van der Waals surface area contributed by atoms with E-state index in [0.29, 0.717) is 16.7 Å². The molecule has 3 N–H and O–H groups in total. The molecule has 1 aromatic heterocycles. The molecular formula is C38H32F3N5O6. The van der Waals surface area contributed by atoms with Crippen molar-refractivity contribution in [3.63, 3.8) is 0 Å². The summed E-state index contributed by atoms with van der Waals surface area (Å²) in [4.78, 5) is 69.9. The molecule has 1 atom stereocenters. The first-order valence-corrected chi connectivity index (χ1v) is 15.9. The van der Waals surface area contributed by atoms with Crippen LogP contribution in [0.3, 0.4) is 0 Å². The van der Waals surface area contributed by atoms with Gasteiger partial charge in [-0.15, -0.1) is 0 Å². The lowest BCUT2D eigenvalue weighted by Gasteiger charge is -2.23. The Kier molecular flexibility index (Phi) is 11.9. The molecular weight excluding hydrogens is 679 g/mol. The van der Waals surface area contributed by atoms with E-state index in [4.69, 9.17) is 4.74 Å². The Morgan fingerprint density at radius 1 is 0.788 bits per heavy atom. The maximum Gasteiger partial charge on any atom is 0.412 e. The van der Waals surface area contributed by atoms with Crippen LogP contribution in [0.2, 0.25) is 0 Å². The van der Waals surface area contributed by atoms with Crippen LogP contribution in [0.25, 0.3) is 11.4 Å². The first kappa shape index (κ1) is 36.7. The summed E-state index contributed by atoms with van der Waals surface area (Å²) in [6.07, 6.45) is -0.399. The standard InChI is InChI=1S/C38H32F3N5O6/c39-29-18-16-28(17-19-29)34-42-22-31(45-37(51)52-24-27-14-8-3-9-15-27)35(49)46(34)23-32(47)44-30(20-25-10-4-1-5-11-25)33(48)38(40,41)36(50)43-21-26-12-6-2-7-13-26/h1-19,22,30H,20-21,23-24H2,(H,43,50)(H,44,47)(H,45,51). The molecule has 11 nitrogen and oxygen atoms in total. The van der Waals surface area contributed by atoms with Crippen LogP contribution in [0, 0.1) is 5.82 Å². The average molecular weight is 712 g/mol. The highest BCUT2D eigenvalue weighted by atomic mass is 19.3. The van der Waals surface area contributed by atoms with Crippen molar-refractivity contribution >= 4 is 29.4 Å². The quantitative estimate of drug-likeness (QED) is 0.137. The van der Waals surface area contributed by atoms with Crippen molar-refractivity contribution in [2.24, 2.45) is 0 Å². The van der Waals surface area contributed by atoms with Gasteiger partial charge < -0.3 is 15.4 Å². The van der Waals surface area contributed by atoms with Gasteiger partial charge in [-0.3, -0.25) is 29.1 Å². The van der Waals surface area contributed by atoms with Gasteiger partial charge in [0.25, 0.3) is 11.5 Å². The van der Waals surface area contributed by atoms with Crippen molar-refractivity contribution in [1.82, 2.24) is 20.2 Å². The van der Waals surface area contributed by atoms with Crippen LogP contribution >= 0.6 is 0 Å². The third-order valence-electron chi connectivity index (χ3n) is 7.73. The number of anilines is 1. The number of hydrogen-bond acceptors (Lipinski definition) is 7. The number of rotatable bonds is 14. The number of alkyl halides is 2. The van der Waals surface area contributed by atoms with Gasteiger partial charge in [0.2, 0.25) is 11.7 Å². The molecule has 0 spiro atoms. The number of ketones is 1. The zero-order chi connectivity index (χ0) is 37.1. The summed E-state index contributed by atoms with van der Waals surface area (Å²) >= 11 is 0. The number of nitrogens with one attached hydrogen (secondary N) is 3. The number of benzene rings is 4. The predicted molar refractivity (Wildman–Crippen MR) is 184 cm³/mol. The van der Waals surface area contributed by atoms with Gasteiger partial charge in [-0.05, 0) is 41.0 Å². The maximum absolute atomic E-state index is 15.4. The van der Waals surface area contributed by atoms with Crippen LogP contribution < -0.4 is 21.5 Å². The molecule has 0 saturated heterocycles. The lowest BCUT2D eigenvalue weighted by molar-refractivity contribution is -0.160. The van der Waals surface area contributed by atoms with Gasteiger partial charge in [-0.25, -0.2) is 14.2 Å². The van der Waals surface area contributed by atoms with Crippen LogP contribution in [0.4, 0.5) is 23.7 Å². The highest BCUT2D eigenvalue weighted by Gasteiger charge is 2.50. The van der Waals surface area contributed by atoms with Gasteiger partial charge in [-0.2, -0.15) is 8.78 Å². The summed E-state index contributed by atoms with van der Waals surface area (Å²) in [5, 5.41) is 6.60. The SMILES string of the molecule is O=C(Cn1c(-c2ccc(F)cc2)ncc(NC(=O)OCc2ccccc2)c1=O)NC(Cc1ccccc1)C(=O)C(F)(F)C(=O)NCc1ccccc1. The van der Waals surface area contributed by atoms with E-state index in [0.717, 1.165) is 22.9 Å².